The predicted molar refractivity (Wildman–Crippen MR) is 60.3 cm³/mol. The van der Waals surface area contributed by atoms with Gasteiger partial charge in [0.1, 0.15) is 12.4 Å². The average molecular weight is 225 g/mol. The molecule has 0 aliphatic heterocycles. The fourth-order valence-electron chi connectivity index (χ4n) is 1.22. The molecule has 5 heteroatoms. The molecule has 1 aromatic rings. The summed E-state index contributed by atoms with van der Waals surface area (Å²) in [6.45, 7) is 0.842. The minimum atomic E-state index is -0.973. The highest BCUT2D eigenvalue weighted by Crippen LogP contribution is 2.25. The van der Waals surface area contributed by atoms with Gasteiger partial charge in [0.25, 0.3) is 0 Å². The van der Waals surface area contributed by atoms with E-state index in [2.05, 4.69) is 5.32 Å². The molecule has 0 unspecified atom stereocenters. The quantitative estimate of drug-likeness (QED) is 0.717. The third kappa shape index (κ3) is 3.13. The second-order valence-electron chi connectivity index (χ2n) is 3.11. The van der Waals surface area contributed by atoms with E-state index in [-0.39, 0.29) is 5.56 Å². The molecule has 88 valence electrons. The van der Waals surface area contributed by atoms with Crippen molar-refractivity contribution in [3.63, 3.8) is 0 Å². The van der Waals surface area contributed by atoms with Crippen molar-refractivity contribution >= 4 is 11.7 Å². The molecule has 0 saturated heterocycles. The van der Waals surface area contributed by atoms with Gasteiger partial charge in [-0.3, -0.25) is 0 Å². The van der Waals surface area contributed by atoms with Crippen molar-refractivity contribution in [2.75, 3.05) is 32.7 Å². The van der Waals surface area contributed by atoms with Gasteiger partial charge >= 0.3 is 5.97 Å². The number of nitrogens with one attached hydrogen (secondary N) is 1. The summed E-state index contributed by atoms with van der Waals surface area (Å²) in [5.74, 6) is -0.460. The van der Waals surface area contributed by atoms with E-state index in [9.17, 15) is 4.79 Å². The maximum atomic E-state index is 10.8. The van der Waals surface area contributed by atoms with E-state index in [1.807, 2.05) is 0 Å². The number of carboxylic acid groups (broad SMARTS) is 1. The molecule has 0 heterocycles. The van der Waals surface area contributed by atoms with E-state index < -0.39 is 5.97 Å². The van der Waals surface area contributed by atoms with E-state index >= 15 is 0 Å². The fourth-order valence-corrected chi connectivity index (χ4v) is 1.22. The van der Waals surface area contributed by atoms with E-state index in [1.54, 1.807) is 20.2 Å². The predicted octanol–water partition coefficient (Wildman–Crippen LogP) is 1.45. The number of methoxy groups -OCH3 is 1. The Hall–Kier alpha value is -1.75. The summed E-state index contributed by atoms with van der Waals surface area (Å²) in [5, 5.41) is 11.8. The number of ether oxygens (including phenoxy) is 2. The van der Waals surface area contributed by atoms with Crippen LogP contribution in [-0.4, -0.2) is 38.4 Å². The van der Waals surface area contributed by atoms with Gasteiger partial charge in [0.05, 0.1) is 17.9 Å². The van der Waals surface area contributed by atoms with Gasteiger partial charge in [0.2, 0.25) is 0 Å². The van der Waals surface area contributed by atoms with Crippen LogP contribution in [0.25, 0.3) is 0 Å². The molecule has 1 aromatic carbocycles. The summed E-state index contributed by atoms with van der Waals surface area (Å²) in [4.78, 5) is 10.8. The van der Waals surface area contributed by atoms with Crippen LogP contribution < -0.4 is 10.1 Å². The van der Waals surface area contributed by atoms with Crippen molar-refractivity contribution in [2.24, 2.45) is 0 Å². The minimum Gasteiger partial charge on any atom is -0.489 e. The Morgan fingerprint density at radius 1 is 1.44 bits per heavy atom. The van der Waals surface area contributed by atoms with E-state index in [4.69, 9.17) is 14.6 Å². The van der Waals surface area contributed by atoms with Crippen molar-refractivity contribution in [2.45, 2.75) is 0 Å². The Morgan fingerprint density at radius 3 is 2.75 bits per heavy atom. The third-order valence-corrected chi connectivity index (χ3v) is 2.04. The first-order valence-corrected chi connectivity index (χ1v) is 4.86. The van der Waals surface area contributed by atoms with E-state index in [0.29, 0.717) is 19.0 Å². The maximum Gasteiger partial charge on any atom is 0.335 e. The Bertz CT molecular complexity index is 365. The number of carbonyl (C=O) groups is 1. The zero-order chi connectivity index (χ0) is 12.0. The van der Waals surface area contributed by atoms with Crippen molar-refractivity contribution in [1.29, 1.82) is 0 Å². The second kappa shape index (κ2) is 5.97. The molecule has 0 atom stereocenters. The van der Waals surface area contributed by atoms with Gasteiger partial charge < -0.3 is 19.9 Å². The van der Waals surface area contributed by atoms with Crippen molar-refractivity contribution in [3.8, 4) is 5.75 Å². The van der Waals surface area contributed by atoms with Crippen LogP contribution >= 0.6 is 0 Å². The van der Waals surface area contributed by atoms with Crippen LogP contribution in [0.3, 0.4) is 0 Å². The average Bonchev–Trinajstić information content (AvgIpc) is 2.29. The van der Waals surface area contributed by atoms with Gasteiger partial charge in [0, 0.05) is 14.2 Å². The lowest BCUT2D eigenvalue weighted by Crippen LogP contribution is -2.07. The molecule has 16 heavy (non-hydrogen) atoms. The normalized spacial score (nSPS) is 9.88. The molecule has 0 spiro atoms. The molecule has 0 radical (unpaired) electrons. The summed E-state index contributed by atoms with van der Waals surface area (Å²) >= 11 is 0. The summed E-state index contributed by atoms with van der Waals surface area (Å²) in [6.07, 6.45) is 0. The lowest BCUT2D eigenvalue weighted by molar-refractivity contribution is 0.0696. The summed E-state index contributed by atoms with van der Waals surface area (Å²) in [7, 11) is 3.33. The van der Waals surface area contributed by atoms with Crippen LogP contribution in [0.1, 0.15) is 10.4 Å². The molecular weight excluding hydrogens is 210 g/mol. The number of hydrogen-bond donors (Lipinski definition) is 2. The Balaban J connectivity index is 2.84. The van der Waals surface area contributed by atoms with Gasteiger partial charge in [-0.1, -0.05) is 0 Å². The smallest absolute Gasteiger partial charge is 0.335 e. The van der Waals surface area contributed by atoms with Crippen LogP contribution in [0.15, 0.2) is 18.2 Å². The number of rotatable bonds is 6. The molecule has 0 aromatic heterocycles. The molecule has 0 amide bonds. The minimum absolute atomic E-state index is 0.200. The van der Waals surface area contributed by atoms with E-state index in [1.165, 1.54) is 12.1 Å². The Morgan fingerprint density at radius 2 is 2.19 bits per heavy atom. The monoisotopic (exact) mass is 225 g/mol. The molecule has 0 aliphatic rings. The molecular formula is C11H15NO4. The van der Waals surface area contributed by atoms with Crippen molar-refractivity contribution in [1.82, 2.24) is 0 Å². The Labute approximate surface area is 94.0 Å². The molecule has 0 fully saturated rings. The summed E-state index contributed by atoms with van der Waals surface area (Å²) in [5.41, 5.74) is 0.951. The molecule has 1 rings (SSSR count). The summed E-state index contributed by atoms with van der Waals surface area (Å²) < 4.78 is 10.3. The number of carboxylic acids is 1. The van der Waals surface area contributed by atoms with E-state index in [0.717, 1.165) is 5.69 Å². The fraction of sp³-hybridized carbons (Fsp3) is 0.364. The lowest BCUT2D eigenvalue weighted by Gasteiger charge is -2.11. The highest BCUT2D eigenvalue weighted by atomic mass is 16.5. The zero-order valence-corrected chi connectivity index (χ0v) is 9.32. The first kappa shape index (κ1) is 12.3. The van der Waals surface area contributed by atoms with Gasteiger partial charge in [-0.15, -0.1) is 0 Å². The number of anilines is 1. The number of benzene rings is 1. The molecule has 0 bridgehead atoms. The van der Waals surface area contributed by atoms with Gasteiger partial charge in [-0.05, 0) is 18.2 Å². The van der Waals surface area contributed by atoms with Gasteiger partial charge in [-0.25, -0.2) is 4.79 Å². The maximum absolute atomic E-state index is 10.8. The van der Waals surface area contributed by atoms with Crippen molar-refractivity contribution in [3.05, 3.63) is 23.8 Å². The van der Waals surface area contributed by atoms with Gasteiger partial charge in [-0.2, -0.15) is 0 Å². The van der Waals surface area contributed by atoms with Crippen LogP contribution in [0, 0.1) is 0 Å². The highest BCUT2D eigenvalue weighted by Gasteiger charge is 2.08. The van der Waals surface area contributed by atoms with Crippen LogP contribution in [-0.2, 0) is 4.74 Å². The number of aromatic carboxylic acids is 1. The van der Waals surface area contributed by atoms with Crippen LogP contribution in [0.5, 0.6) is 5.75 Å². The molecule has 5 nitrogen and oxygen atoms in total. The SMILES string of the molecule is CNc1ccc(C(=O)O)cc1OCCOC. The van der Waals surface area contributed by atoms with Crippen LogP contribution in [0.2, 0.25) is 0 Å². The summed E-state index contributed by atoms with van der Waals surface area (Å²) in [6, 6.07) is 4.69. The zero-order valence-electron chi connectivity index (χ0n) is 9.32. The number of hydrogen-bond acceptors (Lipinski definition) is 4. The molecule has 0 aliphatic carbocycles. The lowest BCUT2D eigenvalue weighted by atomic mass is 10.2. The van der Waals surface area contributed by atoms with Crippen LogP contribution in [0.4, 0.5) is 5.69 Å². The van der Waals surface area contributed by atoms with Crippen molar-refractivity contribution < 1.29 is 19.4 Å². The third-order valence-electron chi connectivity index (χ3n) is 2.04. The van der Waals surface area contributed by atoms with Gasteiger partial charge in [0.15, 0.2) is 0 Å². The largest absolute Gasteiger partial charge is 0.489 e. The Kier molecular flexibility index (Phi) is 4.60. The first-order valence-electron chi connectivity index (χ1n) is 4.86. The topological polar surface area (TPSA) is 67.8 Å². The highest BCUT2D eigenvalue weighted by molar-refractivity contribution is 5.89. The molecule has 2 N–H and O–H groups in total. The standard InChI is InChI=1S/C11H15NO4/c1-12-9-4-3-8(11(13)14)7-10(9)16-6-5-15-2/h3-4,7,12H,5-6H2,1-2H3,(H,13,14). The molecule has 0 saturated carbocycles. The first-order chi connectivity index (χ1) is 7.69. The second-order valence-corrected chi connectivity index (χ2v) is 3.11.